The highest BCUT2D eigenvalue weighted by Crippen LogP contribution is 2.38. The number of rotatable bonds is 4. The van der Waals surface area contributed by atoms with E-state index < -0.39 is 0 Å². The summed E-state index contributed by atoms with van der Waals surface area (Å²) >= 11 is 0. The third kappa shape index (κ3) is 4.12. The summed E-state index contributed by atoms with van der Waals surface area (Å²) < 4.78 is 0. The average Bonchev–Trinajstić information content (AvgIpc) is 2.71. The molecule has 0 atom stereocenters. The van der Waals surface area contributed by atoms with Gasteiger partial charge in [-0.3, -0.25) is 4.79 Å². The van der Waals surface area contributed by atoms with Crippen LogP contribution in [0.25, 0.3) is 22.0 Å². The van der Waals surface area contributed by atoms with E-state index in [4.69, 9.17) is 0 Å². The van der Waals surface area contributed by atoms with E-state index in [0.717, 1.165) is 24.0 Å². The standard InChI is InChI=1S/C25H30N4O3/c1-24(2)12-16(13-25(3,4)28-24)29(5)22-9-8-21(26-27-22)19-10-15-6-7-17(31)11-18(15)20(14-30)23(19)32/h6-11,14,16,28,31-32H,12-13H2,1-5H3. The maximum Gasteiger partial charge on any atom is 0.154 e. The summed E-state index contributed by atoms with van der Waals surface area (Å²) in [5, 5.41) is 34.2. The second-order valence-electron chi connectivity index (χ2n) is 10.1. The lowest BCUT2D eigenvalue weighted by Gasteiger charge is -2.49. The Morgan fingerprint density at radius 1 is 1.03 bits per heavy atom. The molecule has 0 saturated carbocycles. The normalized spacial score (nSPS) is 17.9. The predicted molar refractivity (Wildman–Crippen MR) is 126 cm³/mol. The zero-order chi connectivity index (χ0) is 23.3. The van der Waals surface area contributed by atoms with E-state index in [2.05, 4.69) is 48.1 Å². The molecule has 1 fully saturated rings. The van der Waals surface area contributed by atoms with E-state index in [1.807, 2.05) is 19.2 Å². The molecular formula is C25H30N4O3. The van der Waals surface area contributed by atoms with E-state index in [1.165, 1.54) is 6.07 Å². The molecule has 32 heavy (non-hydrogen) atoms. The maximum absolute atomic E-state index is 11.7. The van der Waals surface area contributed by atoms with Crippen LogP contribution in [-0.4, -0.2) is 50.9 Å². The lowest BCUT2D eigenvalue weighted by atomic mass is 9.79. The number of piperidine rings is 1. The number of fused-ring (bicyclic) bond motifs is 1. The number of phenols is 2. The Bertz CT molecular complexity index is 1160. The van der Waals surface area contributed by atoms with E-state index in [1.54, 1.807) is 18.2 Å². The second kappa shape index (κ2) is 7.74. The van der Waals surface area contributed by atoms with Crippen molar-refractivity contribution in [2.75, 3.05) is 11.9 Å². The molecule has 1 aliphatic heterocycles. The van der Waals surface area contributed by atoms with Gasteiger partial charge in [-0.2, -0.15) is 0 Å². The van der Waals surface area contributed by atoms with Crippen LogP contribution in [0.2, 0.25) is 0 Å². The minimum Gasteiger partial charge on any atom is -0.508 e. The molecule has 1 aliphatic rings. The van der Waals surface area contributed by atoms with Gasteiger partial charge in [0.2, 0.25) is 0 Å². The highest BCUT2D eigenvalue weighted by atomic mass is 16.3. The number of hydrogen-bond donors (Lipinski definition) is 3. The van der Waals surface area contributed by atoms with Crippen LogP contribution in [0.4, 0.5) is 5.82 Å². The number of nitrogens with one attached hydrogen (secondary N) is 1. The molecule has 3 N–H and O–H groups in total. The van der Waals surface area contributed by atoms with Gasteiger partial charge in [0.1, 0.15) is 11.5 Å². The number of benzene rings is 2. The molecule has 2 aromatic carbocycles. The van der Waals surface area contributed by atoms with Crippen molar-refractivity contribution in [1.82, 2.24) is 15.5 Å². The molecule has 1 aromatic heterocycles. The zero-order valence-electron chi connectivity index (χ0n) is 19.2. The van der Waals surface area contributed by atoms with Gasteiger partial charge in [-0.05, 0) is 81.6 Å². The lowest BCUT2D eigenvalue weighted by molar-refractivity contribution is 0.112. The molecule has 1 saturated heterocycles. The Morgan fingerprint density at radius 2 is 1.72 bits per heavy atom. The lowest BCUT2D eigenvalue weighted by Crippen LogP contribution is -2.62. The molecule has 0 aliphatic carbocycles. The Kier molecular flexibility index (Phi) is 5.33. The molecule has 0 radical (unpaired) electrons. The second-order valence-corrected chi connectivity index (χ2v) is 10.1. The van der Waals surface area contributed by atoms with Gasteiger partial charge in [-0.15, -0.1) is 10.2 Å². The molecule has 7 heteroatoms. The number of phenolic OH excluding ortho intramolecular Hbond substituents is 2. The van der Waals surface area contributed by atoms with Crippen LogP contribution < -0.4 is 10.2 Å². The van der Waals surface area contributed by atoms with Crippen molar-refractivity contribution in [3.05, 3.63) is 42.0 Å². The molecule has 0 unspecified atom stereocenters. The number of anilines is 1. The smallest absolute Gasteiger partial charge is 0.154 e. The van der Waals surface area contributed by atoms with Crippen molar-refractivity contribution in [3.8, 4) is 22.8 Å². The summed E-state index contributed by atoms with van der Waals surface area (Å²) in [4.78, 5) is 13.8. The van der Waals surface area contributed by atoms with Gasteiger partial charge < -0.3 is 20.4 Å². The minimum absolute atomic E-state index is 0.0184. The van der Waals surface area contributed by atoms with Gasteiger partial charge in [0, 0.05) is 29.7 Å². The summed E-state index contributed by atoms with van der Waals surface area (Å²) in [6.07, 6.45) is 2.56. The van der Waals surface area contributed by atoms with Gasteiger partial charge in [0.15, 0.2) is 12.1 Å². The molecule has 7 nitrogen and oxygen atoms in total. The Hall–Kier alpha value is -3.19. The zero-order valence-corrected chi connectivity index (χ0v) is 19.2. The van der Waals surface area contributed by atoms with Gasteiger partial charge >= 0.3 is 0 Å². The van der Waals surface area contributed by atoms with E-state index >= 15 is 0 Å². The SMILES string of the molecule is CN(c1ccc(-c2cc3ccc(O)cc3c(C=O)c2O)nn1)C1CC(C)(C)NC(C)(C)C1. The van der Waals surface area contributed by atoms with Gasteiger partial charge in [0.05, 0.1) is 11.3 Å². The first-order valence-electron chi connectivity index (χ1n) is 10.8. The number of hydrogen-bond acceptors (Lipinski definition) is 7. The highest BCUT2D eigenvalue weighted by Gasteiger charge is 2.39. The van der Waals surface area contributed by atoms with Crippen molar-refractivity contribution in [2.24, 2.45) is 0 Å². The summed E-state index contributed by atoms with van der Waals surface area (Å²) in [6, 6.07) is 10.5. The summed E-state index contributed by atoms with van der Waals surface area (Å²) in [5.74, 6) is 0.618. The fraction of sp³-hybridized carbons (Fsp3) is 0.400. The first kappa shape index (κ1) is 22.0. The summed E-state index contributed by atoms with van der Waals surface area (Å²) in [5.41, 5.74) is 1.06. The van der Waals surface area contributed by atoms with Crippen LogP contribution in [0.5, 0.6) is 11.5 Å². The molecule has 2 heterocycles. The van der Waals surface area contributed by atoms with Crippen LogP contribution in [0.1, 0.15) is 50.9 Å². The number of carbonyl (C=O) groups is 1. The largest absolute Gasteiger partial charge is 0.508 e. The molecule has 168 valence electrons. The van der Waals surface area contributed by atoms with Gasteiger partial charge in [0.25, 0.3) is 0 Å². The fourth-order valence-electron chi connectivity index (χ4n) is 5.10. The number of aromatic hydroxyl groups is 2. The van der Waals surface area contributed by atoms with Crippen LogP contribution >= 0.6 is 0 Å². The summed E-state index contributed by atoms with van der Waals surface area (Å²) in [7, 11) is 2.04. The van der Waals surface area contributed by atoms with Crippen molar-refractivity contribution < 1.29 is 15.0 Å². The highest BCUT2D eigenvalue weighted by molar-refractivity contribution is 6.04. The van der Waals surface area contributed by atoms with Crippen molar-refractivity contribution >= 4 is 22.9 Å². The van der Waals surface area contributed by atoms with E-state index in [9.17, 15) is 15.0 Å². The van der Waals surface area contributed by atoms with Crippen LogP contribution in [0.3, 0.4) is 0 Å². The van der Waals surface area contributed by atoms with Crippen LogP contribution in [0, 0.1) is 0 Å². The predicted octanol–water partition coefficient (Wildman–Crippen LogP) is 4.27. The molecule has 3 aromatic rings. The van der Waals surface area contributed by atoms with Gasteiger partial charge in [-0.25, -0.2) is 0 Å². The average molecular weight is 435 g/mol. The number of aldehydes is 1. The van der Waals surface area contributed by atoms with E-state index in [-0.39, 0.29) is 28.1 Å². The Labute approximate surface area is 188 Å². The third-order valence-electron chi connectivity index (χ3n) is 6.26. The van der Waals surface area contributed by atoms with Crippen LogP contribution in [-0.2, 0) is 0 Å². The first-order chi connectivity index (χ1) is 15.0. The van der Waals surface area contributed by atoms with Crippen molar-refractivity contribution in [1.29, 1.82) is 0 Å². The molecule has 0 bridgehead atoms. The maximum atomic E-state index is 11.7. The molecule has 0 spiro atoms. The summed E-state index contributed by atoms with van der Waals surface area (Å²) in [6.45, 7) is 8.87. The quantitative estimate of drug-likeness (QED) is 0.528. The fourth-order valence-corrected chi connectivity index (χ4v) is 5.10. The number of nitrogens with zero attached hydrogens (tertiary/aromatic N) is 3. The third-order valence-corrected chi connectivity index (χ3v) is 6.26. The number of aromatic nitrogens is 2. The molecule has 4 rings (SSSR count). The Balaban J connectivity index is 1.67. The monoisotopic (exact) mass is 434 g/mol. The van der Waals surface area contributed by atoms with Crippen LogP contribution in [0.15, 0.2) is 36.4 Å². The minimum atomic E-state index is -0.171. The number of carbonyl (C=O) groups excluding carboxylic acids is 1. The molecule has 0 amide bonds. The van der Waals surface area contributed by atoms with Crippen molar-refractivity contribution in [2.45, 2.75) is 57.7 Å². The van der Waals surface area contributed by atoms with Crippen molar-refractivity contribution in [3.63, 3.8) is 0 Å². The van der Waals surface area contributed by atoms with E-state index in [0.29, 0.717) is 29.0 Å². The first-order valence-corrected chi connectivity index (χ1v) is 10.8. The Morgan fingerprint density at radius 3 is 2.31 bits per heavy atom. The molecular weight excluding hydrogens is 404 g/mol. The van der Waals surface area contributed by atoms with Gasteiger partial charge in [-0.1, -0.05) is 6.07 Å². The topological polar surface area (TPSA) is 98.6 Å².